The Balaban J connectivity index is 2.64. The van der Waals surface area contributed by atoms with Gasteiger partial charge in [-0.15, -0.1) is 0 Å². The Morgan fingerprint density at radius 2 is 2.40 bits per heavy atom. The Morgan fingerprint density at radius 3 is 2.93 bits per heavy atom. The smallest absolute Gasteiger partial charge is 0.111 e. The molecule has 1 aliphatic carbocycles. The minimum Gasteiger partial charge on any atom is -0.508 e. The minimum atomic E-state index is 0.207. The van der Waals surface area contributed by atoms with Crippen molar-refractivity contribution < 1.29 is 5.11 Å². The van der Waals surface area contributed by atoms with Gasteiger partial charge in [0.05, 0.1) is 0 Å². The van der Waals surface area contributed by atoms with E-state index in [-0.39, 0.29) is 5.76 Å². The van der Waals surface area contributed by atoms with Crippen molar-refractivity contribution in [2.45, 2.75) is 38.6 Å². The Bertz CT molecular complexity index is 278. The van der Waals surface area contributed by atoms with E-state index in [4.69, 9.17) is 0 Å². The largest absolute Gasteiger partial charge is 0.508 e. The van der Waals surface area contributed by atoms with Gasteiger partial charge in [-0.05, 0) is 43.4 Å². The number of allylic oxidation sites excluding steroid dienone is 2. The van der Waals surface area contributed by atoms with Crippen LogP contribution in [0, 0.1) is 0 Å². The lowest BCUT2D eigenvalue weighted by molar-refractivity contribution is 0.400. The molecule has 0 aromatic rings. The van der Waals surface area contributed by atoms with Gasteiger partial charge >= 0.3 is 0 Å². The number of hydrogen-bond donors (Lipinski definition) is 2. The van der Waals surface area contributed by atoms with Crippen LogP contribution in [0.4, 0.5) is 0 Å². The van der Waals surface area contributed by atoms with Crippen LogP contribution in [0.1, 0.15) is 32.6 Å². The fourth-order valence-electron chi connectivity index (χ4n) is 2.03. The second-order valence-electron chi connectivity index (χ2n) is 4.05. The summed E-state index contributed by atoms with van der Waals surface area (Å²) in [5.41, 5.74) is 2.13. The lowest BCUT2D eigenvalue weighted by Crippen LogP contribution is -2.32. The van der Waals surface area contributed by atoms with Crippen molar-refractivity contribution >= 4 is 0 Å². The molecule has 0 unspecified atom stereocenters. The van der Waals surface area contributed by atoms with Crippen LogP contribution >= 0.6 is 0 Å². The molecule has 0 aromatic carbocycles. The molecular weight excluding hydrogens is 186 g/mol. The van der Waals surface area contributed by atoms with E-state index < -0.39 is 0 Å². The molecule has 0 amide bonds. The van der Waals surface area contributed by atoms with E-state index in [1.807, 2.05) is 6.08 Å². The highest BCUT2D eigenvalue weighted by molar-refractivity contribution is 5.37. The molecule has 0 fully saturated rings. The predicted octanol–water partition coefficient (Wildman–Crippen LogP) is 3.09. The van der Waals surface area contributed by atoms with Crippen molar-refractivity contribution in [3.8, 4) is 0 Å². The molecule has 0 radical (unpaired) electrons. The average Bonchev–Trinajstić information content (AvgIpc) is 2.25. The quantitative estimate of drug-likeness (QED) is 0.679. The van der Waals surface area contributed by atoms with Gasteiger partial charge in [-0.1, -0.05) is 26.2 Å². The maximum absolute atomic E-state index is 9.42. The first-order valence-electron chi connectivity index (χ1n) is 5.65. The van der Waals surface area contributed by atoms with Crippen LogP contribution in [-0.2, 0) is 0 Å². The molecule has 1 aliphatic rings. The third kappa shape index (κ3) is 3.24. The van der Waals surface area contributed by atoms with E-state index in [9.17, 15) is 5.11 Å². The first-order valence-corrected chi connectivity index (χ1v) is 5.65. The lowest BCUT2D eigenvalue weighted by atomic mass is 9.87. The van der Waals surface area contributed by atoms with E-state index in [1.54, 1.807) is 0 Å². The van der Waals surface area contributed by atoms with E-state index >= 15 is 0 Å². The van der Waals surface area contributed by atoms with Crippen LogP contribution in [0.3, 0.4) is 0 Å². The van der Waals surface area contributed by atoms with Crippen LogP contribution < -0.4 is 5.32 Å². The molecule has 1 atom stereocenters. The summed E-state index contributed by atoms with van der Waals surface area (Å²) >= 11 is 0. The summed E-state index contributed by atoms with van der Waals surface area (Å²) in [7, 11) is 0. The zero-order valence-electron chi connectivity index (χ0n) is 9.55. The maximum atomic E-state index is 9.42. The van der Waals surface area contributed by atoms with Gasteiger partial charge in [0.25, 0.3) is 0 Å². The summed E-state index contributed by atoms with van der Waals surface area (Å²) in [4.78, 5) is 0. The monoisotopic (exact) mass is 207 g/mol. The molecular formula is C13H21NO. The normalized spacial score (nSPS) is 21.5. The van der Waals surface area contributed by atoms with Crippen LogP contribution in [0.2, 0.25) is 0 Å². The van der Waals surface area contributed by atoms with E-state index in [1.165, 1.54) is 0 Å². The zero-order valence-corrected chi connectivity index (χ0v) is 9.55. The number of aliphatic hydroxyl groups excluding tert-OH is 1. The molecule has 0 heterocycles. The topological polar surface area (TPSA) is 32.3 Å². The third-order valence-corrected chi connectivity index (χ3v) is 2.87. The van der Waals surface area contributed by atoms with Crippen molar-refractivity contribution in [3.63, 3.8) is 0 Å². The third-order valence-electron chi connectivity index (χ3n) is 2.87. The van der Waals surface area contributed by atoms with Gasteiger partial charge in [0.1, 0.15) is 5.76 Å². The second-order valence-corrected chi connectivity index (χ2v) is 4.05. The zero-order chi connectivity index (χ0) is 11.3. The Morgan fingerprint density at radius 1 is 1.67 bits per heavy atom. The van der Waals surface area contributed by atoms with Crippen molar-refractivity contribution in [1.82, 2.24) is 5.32 Å². The highest BCUT2D eigenvalue weighted by atomic mass is 16.3. The number of hydrogen-bond acceptors (Lipinski definition) is 2. The summed E-state index contributed by atoms with van der Waals surface area (Å²) < 4.78 is 0. The first kappa shape index (κ1) is 12.1. The van der Waals surface area contributed by atoms with Gasteiger partial charge < -0.3 is 10.4 Å². The van der Waals surface area contributed by atoms with E-state index in [0.29, 0.717) is 6.04 Å². The summed E-state index contributed by atoms with van der Waals surface area (Å²) in [5.74, 6) is 0.207. The van der Waals surface area contributed by atoms with Gasteiger partial charge in [-0.3, -0.25) is 0 Å². The minimum absolute atomic E-state index is 0.207. The van der Waals surface area contributed by atoms with Gasteiger partial charge in [-0.2, -0.15) is 0 Å². The molecule has 84 valence electrons. The molecule has 0 spiro atoms. The maximum Gasteiger partial charge on any atom is 0.111 e. The summed E-state index contributed by atoms with van der Waals surface area (Å²) in [6.07, 6.45) is 5.93. The van der Waals surface area contributed by atoms with Crippen molar-refractivity contribution in [3.05, 3.63) is 36.1 Å². The fraction of sp³-hybridized carbons (Fsp3) is 0.538. The van der Waals surface area contributed by atoms with Crippen molar-refractivity contribution in [2.24, 2.45) is 0 Å². The number of aliphatic hydroxyl groups is 1. The molecule has 2 N–H and O–H groups in total. The summed E-state index contributed by atoms with van der Waals surface area (Å²) in [6.45, 7) is 10.6. The van der Waals surface area contributed by atoms with Gasteiger partial charge in [0.15, 0.2) is 0 Å². The predicted molar refractivity (Wildman–Crippen MR) is 64.9 cm³/mol. The Hall–Kier alpha value is -1.02. The molecule has 2 nitrogen and oxygen atoms in total. The average molecular weight is 207 g/mol. The highest BCUT2D eigenvalue weighted by Crippen LogP contribution is 2.29. The molecule has 0 saturated heterocycles. The SMILES string of the molecule is C=CC1=C(C(=C)O)CC[C@H](NCCC)C1. The Labute approximate surface area is 92.4 Å². The van der Waals surface area contributed by atoms with E-state index in [0.717, 1.165) is 43.4 Å². The van der Waals surface area contributed by atoms with Gasteiger partial charge in [0, 0.05) is 6.04 Å². The van der Waals surface area contributed by atoms with Crippen LogP contribution in [-0.4, -0.2) is 17.7 Å². The molecule has 0 bridgehead atoms. The van der Waals surface area contributed by atoms with Crippen molar-refractivity contribution in [2.75, 3.05) is 6.54 Å². The van der Waals surface area contributed by atoms with Gasteiger partial charge in [-0.25, -0.2) is 0 Å². The molecule has 0 aliphatic heterocycles. The Kier molecular flexibility index (Phi) is 4.63. The molecule has 15 heavy (non-hydrogen) atoms. The highest BCUT2D eigenvalue weighted by Gasteiger charge is 2.19. The summed E-state index contributed by atoms with van der Waals surface area (Å²) in [6, 6.07) is 0.529. The molecule has 1 rings (SSSR count). The van der Waals surface area contributed by atoms with Crippen LogP contribution in [0.15, 0.2) is 36.1 Å². The van der Waals surface area contributed by atoms with Crippen LogP contribution in [0.5, 0.6) is 0 Å². The van der Waals surface area contributed by atoms with Gasteiger partial charge in [0.2, 0.25) is 0 Å². The summed E-state index contributed by atoms with van der Waals surface area (Å²) in [5, 5.41) is 12.9. The van der Waals surface area contributed by atoms with Crippen molar-refractivity contribution in [1.29, 1.82) is 0 Å². The molecule has 0 aromatic heterocycles. The number of nitrogens with one attached hydrogen (secondary N) is 1. The lowest BCUT2D eigenvalue weighted by Gasteiger charge is -2.26. The fourth-order valence-corrected chi connectivity index (χ4v) is 2.03. The molecule has 0 saturated carbocycles. The first-order chi connectivity index (χ1) is 7.19. The molecule has 2 heteroatoms. The van der Waals surface area contributed by atoms with Crippen LogP contribution in [0.25, 0.3) is 0 Å². The standard InChI is InChI=1S/C13H21NO/c1-4-8-14-12-6-7-13(10(3)15)11(5-2)9-12/h5,12,14-15H,2-4,6-9H2,1H3/t12-/m0/s1. The second kappa shape index (κ2) is 5.76. The van der Waals surface area contributed by atoms with E-state index in [2.05, 4.69) is 25.4 Å². The number of rotatable bonds is 5.